The number of halogens is 1. The third-order valence-corrected chi connectivity index (χ3v) is 3.88. The number of benzene rings is 1. The van der Waals surface area contributed by atoms with Crippen molar-refractivity contribution in [1.82, 2.24) is 4.90 Å². The van der Waals surface area contributed by atoms with E-state index in [-0.39, 0.29) is 10.6 Å². The first-order valence-corrected chi connectivity index (χ1v) is 6.92. The van der Waals surface area contributed by atoms with Gasteiger partial charge in [-0.1, -0.05) is 17.7 Å². The summed E-state index contributed by atoms with van der Waals surface area (Å²) in [4.78, 5) is 15.7. The topological polar surface area (TPSA) is 43.8 Å². The molecule has 19 heavy (non-hydrogen) atoms. The minimum Gasteiger partial charge on any atom is -0.478 e. The van der Waals surface area contributed by atoms with Crippen molar-refractivity contribution in [3.05, 3.63) is 28.8 Å². The molecule has 0 unspecified atom stereocenters. The van der Waals surface area contributed by atoms with Gasteiger partial charge in [0.05, 0.1) is 10.7 Å². The molecule has 0 saturated carbocycles. The molecule has 1 N–H and O–H groups in total. The van der Waals surface area contributed by atoms with E-state index >= 15 is 0 Å². The van der Waals surface area contributed by atoms with Crippen molar-refractivity contribution >= 4 is 23.3 Å². The van der Waals surface area contributed by atoms with Gasteiger partial charge in [0.15, 0.2) is 0 Å². The van der Waals surface area contributed by atoms with Crippen LogP contribution < -0.4 is 4.90 Å². The minimum atomic E-state index is -0.978. The Morgan fingerprint density at radius 2 is 2.11 bits per heavy atom. The molecule has 2 rings (SSSR count). The van der Waals surface area contributed by atoms with Crippen LogP contribution in [0.25, 0.3) is 0 Å². The standard InChI is InChI=1S/C14H19ClN2O2/c1-16(9-10-17-7-2-3-8-17)12-6-4-5-11(15)13(12)14(18)19/h4-6H,2-3,7-10H2,1H3,(H,18,19). The largest absolute Gasteiger partial charge is 0.478 e. The molecule has 1 aromatic rings. The number of likely N-dealkylation sites (N-methyl/N-ethyl adjacent to an activating group) is 1. The van der Waals surface area contributed by atoms with Crippen LogP contribution in [0.2, 0.25) is 5.02 Å². The van der Waals surface area contributed by atoms with Gasteiger partial charge in [0, 0.05) is 20.1 Å². The summed E-state index contributed by atoms with van der Waals surface area (Å²) in [6.45, 7) is 4.06. The van der Waals surface area contributed by atoms with Crippen molar-refractivity contribution in [2.24, 2.45) is 0 Å². The fourth-order valence-corrected chi connectivity index (χ4v) is 2.71. The average Bonchev–Trinajstić information content (AvgIpc) is 2.88. The van der Waals surface area contributed by atoms with E-state index in [1.165, 1.54) is 12.8 Å². The summed E-state index contributed by atoms with van der Waals surface area (Å²) in [5.41, 5.74) is 0.868. The lowest BCUT2D eigenvalue weighted by Gasteiger charge is -2.24. The third kappa shape index (κ3) is 3.39. The Labute approximate surface area is 118 Å². The van der Waals surface area contributed by atoms with Gasteiger partial charge in [-0.2, -0.15) is 0 Å². The first kappa shape index (κ1) is 14.2. The molecule has 1 aromatic carbocycles. The highest BCUT2D eigenvalue weighted by atomic mass is 35.5. The Balaban J connectivity index is 2.07. The minimum absolute atomic E-state index is 0.188. The van der Waals surface area contributed by atoms with Crippen molar-refractivity contribution in [2.45, 2.75) is 12.8 Å². The number of carbonyl (C=O) groups is 1. The van der Waals surface area contributed by atoms with Gasteiger partial charge >= 0.3 is 5.97 Å². The Morgan fingerprint density at radius 1 is 1.42 bits per heavy atom. The summed E-state index contributed by atoms with van der Waals surface area (Å²) in [6, 6.07) is 5.21. The average molecular weight is 283 g/mol. The molecule has 0 radical (unpaired) electrons. The molecule has 4 nitrogen and oxygen atoms in total. The van der Waals surface area contributed by atoms with E-state index in [2.05, 4.69) is 4.90 Å². The van der Waals surface area contributed by atoms with Gasteiger partial charge in [0.2, 0.25) is 0 Å². The van der Waals surface area contributed by atoms with Crippen molar-refractivity contribution in [2.75, 3.05) is 38.1 Å². The van der Waals surface area contributed by atoms with E-state index in [9.17, 15) is 9.90 Å². The number of nitrogens with zero attached hydrogens (tertiary/aromatic N) is 2. The first-order chi connectivity index (χ1) is 9.09. The molecule has 0 spiro atoms. The van der Waals surface area contributed by atoms with E-state index in [0.29, 0.717) is 5.69 Å². The van der Waals surface area contributed by atoms with Crippen LogP contribution in [-0.4, -0.2) is 49.2 Å². The summed E-state index contributed by atoms with van der Waals surface area (Å²) < 4.78 is 0. The van der Waals surface area contributed by atoms with Gasteiger partial charge in [0.25, 0.3) is 0 Å². The number of hydrogen-bond donors (Lipinski definition) is 1. The molecular formula is C14H19ClN2O2. The van der Waals surface area contributed by atoms with Crippen molar-refractivity contribution in [1.29, 1.82) is 0 Å². The summed E-state index contributed by atoms with van der Waals surface area (Å²) in [7, 11) is 1.91. The first-order valence-electron chi connectivity index (χ1n) is 6.55. The number of hydrogen-bond acceptors (Lipinski definition) is 3. The lowest BCUT2D eigenvalue weighted by Crippen LogP contribution is -2.32. The molecule has 1 heterocycles. The van der Waals surface area contributed by atoms with E-state index in [1.807, 2.05) is 11.9 Å². The molecule has 5 heteroatoms. The number of anilines is 1. The van der Waals surface area contributed by atoms with Crippen LogP contribution >= 0.6 is 11.6 Å². The van der Waals surface area contributed by atoms with Gasteiger partial charge in [0.1, 0.15) is 5.56 Å². The van der Waals surface area contributed by atoms with Crippen LogP contribution in [0.3, 0.4) is 0 Å². The maximum Gasteiger partial charge on any atom is 0.339 e. The highest BCUT2D eigenvalue weighted by Crippen LogP contribution is 2.26. The van der Waals surface area contributed by atoms with Gasteiger partial charge in [-0.05, 0) is 38.1 Å². The molecular weight excluding hydrogens is 264 g/mol. The van der Waals surface area contributed by atoms with Gasteiger partial charge in [-0.25, -0.2) is 4.79 Å². The number of rotatable bonds is 5. The van der Waals surface area contributed by atoms with E-state index in [0.717, 1.165) is 26.2 Å². The van der Waals surface area contributed by atoms with Crippen LogP contribution in [0.4, 0.5) is 5.69 Å². The van der Waals surface area contributed by atoms with Crippen LogP contribution in [0, 0.1) is 0 Å². The van der Waals surface area contributed by atoms with E-state index < -0.39 is 5.97 Å². The Kier molecular flexibility index (Phi) is 4.66. The lowest BCUT2D eigenvalue weighted by atomic mass is 10.1. The smallest absolute Gasteiger partial charge is 0.339 e. The van der Waals surface area contributed by atoms with Crippen LogP contribution in [-0.2, 0) is 0 Å². The predicted octanol–water partition coefficient (Wildman–Crippen LogP) is 2.57. The van der Waals surface area contributed by atoms with Crippen molar-refractivity contribution in [3.8, 4) is 0 Å². The molecule has 1 saturated heterocycles. The molecule has 1 aliphatic rings. The molecule has 104 valence electrons. The van der Waals surface area contributed by atoms with Crippen LogP contribution in [0.5, 0.6) is 0 Å². The summed E-state index contributed by atoms with van der Waals surface area (Å²) in [5, 5.41) is 9.54. The molecule has 0 bridgehead atoms. The van der Waals surface area contributed by atoms with Crippen LogP contribution in [0.1, 0.15) is 23.2 Å². The maximum absolute atomic E-state index is 11.3. The van der Waals surface area contributed by atoms with Gasteiger partial charge in [-0.15, -0.1) is 0 Å². The summed E-state index contributed by atoms with van der Waals surface area (Å²) in [5.74, 6) is -0.978. The predicted molar refractivity (Wildman–Crippen MR) is 77.4 cm³/mol. The van der Waals surface area contributed by atoms with E-state index in [1.54, 1.807) is 18.2 Å². The van der Waals surface area contributed by atoms with Crippen molar-refractivity contribution < 1.29 is 9.90 Å². The zero-order chi connectivity index (χ0) is 13.8. The van der Waals surface area contributed by atoms with Crippen LogP contribution in [0.15, 0.2) is 18.2 Å². The monoisotopic (exact) mass is 282 g/mol. The maximum atomic E-state index is 11.3. The fraction of sp³-hybridized carbons (Fsp3) is 0.500. The Bertz CT molecular complexity index is 459. The second kappa shape index (κ2) is 6.26. The molecule has 1 aliphatic heterocycles. The summed E-state index contributed by atoms with van der Waals surface area (Å²) in [6.07, 6.45) is 2.53. The molecule has 0 aromatic heterocycles. The number of aromatic carboxylic acids is 1. The fourth-order valence-electron chi connectivity index (χ4n) is 2.46. The second-order valence-electron chi connectivity index (χ2n) is 4.91. The lowest BCUT2D eigenvalue weighted by molar-refractivity contribution is 0.0697. The third-order valence-electron chi connectivity index (χ3n) is 3.57. The van der Waals surface area contributed by atoms with Gasteiger partial charge in [-0.3, -0.25) is 0 Å². The summed E-state index contributed by atoms with van der Waals surface area (Å²) >= 11 is 5.98. The SMILES string of the molecule is CN(CCN1CCCC1)c1cccc(Cl)c1C(=O)O. The van der Waals surface area contributed by atoms with Crippen molar-refractivity contribution in [3.63, 3.8) is 0 Å². The highest BCUT2D eigenvalue weighted by Gasteiger charge is 2.18. The molecule has 1 fully saturated rings. The second-order valence-corrected chi connectivity index (χ2v) is 5.32. The molecule has 0 amide bonds. The number of carboxylic acid groups (broad SMARTS) is 1. The molecule has 0 atom stereocenters. The molecule has 0 aliphatic carbocycles. The number of likely N-dealkylation sites (tertiary alicyclic amines) is 1. The Hall–Kier alpha value is -1.26. The highest BCUT2D eigenvalue weighted by molar-refractivity contribution is 6.34. The van der Waals surface area contributed by atoms with E-state index in [4.69, 9.17) is 11.6 Å². The zero-order valence-corrected chi connectivity index (χ0v) is 11.9. The number of carboxylic acids is 1. The van der Waals surface area contributed by atoms with Gasteiger partial charge < -0.3 is 14.9 Å². The Morgan fingerprint density at radius 3 is 2.74 bits per heavy atom. The normalized spacial score (nSPS) is 15.7. The zero-order valence-electron chi connectivity index (χ0n) is 11.1. The quantitative estimate of drug-likeness (QED) is 0.901.